The van der Waals surface area contributed by atoms with E-state index in [1.165, 1.54) is 11.1 Å². The van der Waals surface area contributed by atoms with E-state index in [-0.39, 0.29) is 16.6 Å². The first kappa shape index (κ1) is 12.6. The van der Waals surface area contributed by atoms with E-state index in [4.69, 9.17) is 4.18 Å². The second-order valence-electron chi connectivity index (χ2n) is 4.95. The van der Waals surface area contributed by atoms with E-state index >= 15 is 0 Å². The second kappa shape index (κ2) is 5.04. The largest absolute Gasteiger partial charge is 0.170 e. The normalized spacial score (nSPS) is 12.1. The average Bonchev–Trinajstić information content (AvgIpc) is 2.14. The number of rotatable bonds is 3. The smallest absolute Gasteiger partial charge is 0.141 e. The van der Waals surface area contributed by atoms with Gasteiger partial charge in [0.25, 0.3) is 0 Å². The molecule has 0 atom stereocenters. The Kier molecular flexibility index (Phi) is 4.23. The molecule has 0 spiro atoms. The molecule has 0 aromatic heterocycles. The average molecular weight is 225 g/mol. The highest BCUT2D eigenvalue weighted by atomic mass is 32.2. The maximum absolute atomic E-state index is 5.58. The first-order valence-corrected chi connectivity index (χ1v) is 7.16. The molecule has 0 bridgehead atoms. The fraction of sp³-hybridized carbons (Fsp3) is 0.538. The highest BCUT2D eigenvalue weighted by Crippen LogP contribution is 2.22. The van der Waals surface area contributed by atoms with E-state index in [1.807, 2.05) is 0 Å². The molecule has 0 saturated heterocycles. The number of hydrogen-bond acceptors (Lipinski definition) is 1. The van der Waals surface area contributed by atoms with Crippen LogP contribution in [0.25, 0.3) is 0 Å². The van der Waals surface area contributed by atoms with Gasteiger partial charge in [0.05, 0.1) is 0 Å². The molecule has 1 aromatic carbocycles. The first-order chi connectivity index (χ1) is 6.89. The summed E-state index contributed by atoms with van der Waals surface area (Å²) in [6, 6.07) is 8.71. The van der Waals surface area contributed by atoms with Gasteiger partial charge in [-0.3, -0.25) is 0 Å². The maximum Gasteiger partial charge on any atom is 0.141 e. The van der Waals surface area contributed by atoms with Crippen molar-refractivity contribution in [3.63, 3.8) is 0 Å². The predicted octanol–water partition coefficient (Wildman–Crippen LogP) is 3.29. The summed E-state index contributed by atoms with van der Waals surface area (Å²) in [6.45, 7) is 7.41. The van der Waals surface area contributed by atoms with Crippen molar-refractivity contribution in [3.05, 3.63) is 35.4 Å². The molecule has 0 N–H and O–H groups in total. The molecule has 0 aliphatic heterocycles. The third kappa shape index (κ3) is 4.27. The monoisotopic (exact) mass is 225 g/mol. The molecule has 1 nitrogen and oxygen atoms in total. The van der Waals surface area contributed by atoms with Gasteiger partial charge in [0.2, 0.25) is 0 Å². The Morgan fingerprint density at radius 1 is 1.07 bits per heavy atom. The van der Waals surface area contributed by atoms with Crippen LogP contribution in [0.3, 0.4) is 0 Å². The molecule has 0 amide bonds. The van der Waals surface area contributed by atoms with Gasteiger partial charge in [-0.25, -0.2) is 0 Å². The van der Waals surface area contributed by atoms with Crippen LogP contribution < -0.4 is 0 Å². The van der Waals surface area contributed by atoms with Crippen molar-refractivity contribution in [2.45, 2.75) is 32.8 Å². The van der Waals surface area contributed by atoms with E-state index < -0.39 is 0 Å². The lowest BCUT2D eigenvalue weighted by molar-refractivity contribution is 0.355. The van der Waals surface area contributed by atoms with E-state index in [9.17, 15) is 0 Å². The predicted molar refractivity (Wildman–Crippen MR) is 69.1 cm³/mol. The minimum absolute atomic E-state index is 0.0615. The standard InChI is InChI=1S/C13H21OS/c1-13(2,3)12-8-6-11(7-9-12)10-14-15(4)5/h6-9H,10H2,1-5H3/q+1. The van der Waals surface area contributed by atoms with E-state index in [2.05, 4.69) is 57.5 Å². The zero-order valence-electron chi connectivity index (χ0n) is 10.3. The van der Waals surface area contributed by atoms with Crippen molar-refractivity contribution in [2.24, 2.45) is 0 Å². The van der Waals surface area contributed by atoms with Gasteiger partial charge in [-0.05, 0) is 16.5 Å². The summed E-state index contributed by atoms with van der Waals surface area (Å²) in [5.41, 5.74) is 2.86. The Hall–Kier alpha value is -0.470. The Morgan fingerprint density at radius 3 is 2.00 bits per heavy atom. The van der Waals surface area contributed by atoms with Crippen LogP contribution in [0, 0.1) is 0 Å². The third-order valence-electron chi connectivity index (χ3n) is 2.28. The van der Waals surface area contributed by atoms with E-state index in [0.29, 0.717) is 0 Å². The molecule has 2 heteroatoms. The lowest BCUT2D eigenvalue weighted by Crippen LogP contribution is -2.10. The summed E-state index contributed by atoms with van der Waals surface area (Å²) in [5.74, 6) is 0. The zero-order valence-corrected chi connectivity index (χ0v) is 11.1. The van der Waals surface area contributed by atoms with Gasteiger partial charge >= 0.3 is 0 Å². The number of benzene rings is 1. The van der Waals surface area contributed by atoms with Crippen LogP contribution in [-0.2, 0) is 27.4 Å². The summed E-state index contributed by atoms with van der Waals surface area (Å²) in [4.78, 5) is 0. The van der Waals surface area contributed by atoms with Crippen molar-refractivity contribution >= 4 is 11.2 Å². The van der Waals surface area contributed by atoms with Gasteiger partial charge in [0, 0.05) is 0 Å². The molecule has 1 rings (SSSR count). The fourth-order valence-electron chi connectivity index (χ4n) is 1.29. The number of hydrogen-bond donors (Lipinski definition) is 0. The minimum Gasteiger partial charge on any atom is -0.170 e. The van der Waals surface area contributed by atoms with Crippen LogP contribution in [-0.4, -0.2) is 12.5 Å². The summed E-state index contributed by atoms with van der Waals surface area (Å²) in [7, 11) is 0. The molecule has 0 aliphatic carbocycles. The van der Waals surface area contributed by atoms with Gasteiger partial charge in [-0.2, -0.15) is 4.18 Å². The topological polar surface area (TPSA) is 9.23 Å². The van der Waals surface area contributed by atoms with Crippen molar-refractivity contribution in [3.8, 4) is 0 Å². The molecular weight excluding hydrogens is 204 g/mol. The van der Waals surface area contributed by atoms with Crippen molar-refractivity contribution in [1.82, 2.24) is 0 Å². The lowest BCUT2D eigenvalue weighted by Gasteiger charge is -2.18. The summed E-state index contributed by atoms with van der Waals surface area (Å²) in [5, 5.41) is 0. The van der Waals surface area contributed by atoms with Crippen LogP contribution in [0.1, 0.15) is 31.9 Å². The van der Waals surface area contributed by atoms with Crippen molar-refractivity contribution in [1.29, 1.82) is 0 Å². The van der Waals surface area contributed by atoms with Crippen LogP contribution in [0.15, 0.2) is 24.3 Å². The molecule has 0 radical (unpaired) electrons. The summed E-state index contributed by atoms with van der Waals surface area (Å²) < 4.78 is 5.58. The van der Waals surface area contributed by atoms with Crippen LogP contribution in [0.2, 0.25) is 0 Å². The van der Waals surface area contributed by atoms with Crippen molar-refractivity contribution < 1.29 is 4.18 Å². The third-order valence-corrected chi connectivity index (χ3v) is 2.87. The fourth-order valence-corrected chi connectivity index (χ4v) is 1.66. The first-order valence-electron chi connectivity index (χ1n) is 5.20. The Bertz CT molecular complexity index is 295. The van der Waals surface area contributed by atoms with Gasteiger partial charge < -0.3 is 0 Å². The highest BCUT2D eigenvalue weighted by molar-refractivity contribution is 7.90. The summed E-state index contributed by atoms with van der Waals surface area (Å²) in [6.07, 6.45) is 4.17. The highest BCUT2D eigenvalue weighted by Gasteiger charge is 2.13. The Morgan fingerprint density at radius 2 is 1.60 bits per heavy atom. The van der Waals surface area contributed by atoms with Crippen LogP contribution in [0.4, 0.5) is 0 Å². The van der Waals surface area contributed by atoms with Crippen LogP contribution in [0.5, 0.6) is 0 Å². The second-order valence-corrected chi connectivity index (χ2v) is 6.67. The van der Waals surface area contributed by atoms with Gasteiger partial charge in [-0.15, -0.1) is 0 Å². The molecule has 0 heterocycles. The SMILES string of the molecule is C[S+](C)OCc1ccc(C(C)(C)C)cc1. The lowest BCUT2D eigenvalue weighted by atomic mass is 9.87. The minimum atomic E-state index is 0.0615. The van der Waals surface area contributed by atoms with Gasteiger partial charge in [0.1, 0.15) is 30.3 Å². The molecule has 1 aromatic rings. The maximum atomic E-state index is 5.58. The molecule has 0 unspecified atom stereocenters. The quantitative estimate of drug-likeness (QED) is 0.717. The zero-order chi connectivity index (χ0) is 11.5. The van der Waals surface area contributed by atoms with Crippen LogP contribution >= 0.6 is 0 Å². The molecule has 0 saturated carbocycles. The summed E-state index contributed by atoms with van der Waals surface area (Å²) >= 11 is 0.0615. The van der Waals surface area contributed by atoms with Gasteiger partial charge in [-0.1, -0.05) is 45.0 Å². The van der Waals surface area contributed by atoms with Gasteiger partial charge in [0.15, 0.2) is 0 Å². The van der Waals surface area contributed by atoms with E-state index in [1.54, 1.807) is 0 Å². The molecule has 0 fully saturated rings. The Labute approximate surface area is 96.4 Å². The van der Waals surface area contributed by atoms with Crippen molar-refractivity contribution in [2.75, 3.05) is 12.5 Å². The van der Waals surface area contributed by atoms with E-state index in [0.717, 1.165) is 6.61 Å². The molecule has 15 heavy (non-hydrogen) atoms. The molecular formula is C13H21OS+. The molecule has 0 aliphatic rings. The Balaban J connectivity index is 2.65. The molecule has 84 valence electrons.